The van der Waals surface area contributed by atoms with Gasteiger partial charge < -0.3 is 15.0 Å². The quantitative estimate of drug-likeness (QED) is 0.762. The van der Waals surface area contributed by atoms with E-state index in [0.29, 0.717) is 0 Å². The molecule has 1 saturated heterocycles. The molecular weight excluding hydrogens is 328 g/mol. The molecule has 1 fully saturated rings. The summed E-state index contributed by atoms with van der Waals surface area (Å²) in [7, 11) is 1.66. The van der Waals surface area contributed by atoms with Crippen LogP contribution < -0.4 is 10.1 Å². The predicted octanol–water partition coefficient (Wildman–Crippen LogP) is 0.327. The average molecular weight is 349 g/mol. The van der Waals surface area contributed by atoms with Gasteiger partial charge in [-0.15, -0.1) is 12.4 Å². The number of ether oxygens (including phenoxy) is 1. The van der Waals surface area contributed by atoms with Crippen molar-refractivity contribution in [2.45, 2.75) is 38.8 Å². The highest BCUT2D eigenvalue weighted by molar-refractivity contribution is 7.80. The summed E-state index contributed by atoms with van der Waals surface area (Å²) in [5, 5.41) is 14.3. The van der Waals surface area contributed by atoms with E-state index in [1.54, 1.807) is 11.9 Å². The number of nitrogens with zero attached hydrogens (tertiary/aromatic N) is 5. The molecule has 8 nitrogen and oxygen atoms in total. The van der Waals surface area contributed by atoms with Crippen molar-refractivity contribution in [1.82, 2.24) is 30.4 Å². The van der Waals surface area contributed by atoms with Gasteiger partial charge in [0.2, 0.25) is 0 Å². The third-order valence-corrected chi connectivity index (χ3v) is 3.71. The lowest BCUT2D eigenvalue weighted by atomic mass is 10.1. The van der Waals surface area contributed by atoms with Crippen molar-refractivity contribution in [3.05, 3.63) is 0 Å². The van der Waals surface area contributed by atoms with E-state index in [0.717, 1.165) is 19.4 Å². The number of halogens is 1. The minimum absolute atomic E-state index is 0. The number of ketones is 1. The third kappa shape index (κ3) is 4.59. The van der Waals surface area contributed by atoms with Crippen molar-refractivity contribution in [3.8, 4) is 6.01 Å². The van der Waals surface area contributed by atoms with Crippen molar-refractivity contribution in [2.75, 3.05) is 13.1 Å². The van der Waals surface area contributed by atoms with Gasteiger partial charge in [-0.1, -0.05) is 5.10 Å². The summed E-state index contributed by atoms with van der Waals surface area (Å²) in [5.41, 5.74) is 0. The van der Waals surface area contributed by atoms with Crippen LogP contribution in [0.4, 0.5) is 0 Å². The SMILES string of the molecule is CC(C)N(CC(=O)[C@@H]1CCCN1)C(=S)Oc1nnnn1C.Cl. The number of thiocarbonyl (C=S) groups is 1. The third-order valence-electron chi connectivity index (χ3n) is 3.39. The van der Waals surface area contributed by atoms with Crippen LogP contribution in [0.15, 0.2) is 0 Å². The minimum Gasteiger partial charge on any atom is -0.396 e. The first-order chi connectivity index (χ1) is 9.99. The summed E-state index contributed by atoms with van der Waals surface area (Å²) < 4.78 is 6.86. The minimum atomic E-state index is -0.0782. The molecule has 1 aliphatic heterocycles. The Morgan fingerprint density at radius 2 is 2.32 bits per heavy atom. The lowest BCUT2D eigenvalue weighted by Gasteiger charge is -2.28. The van der Waals surface area contributed by atoms with E-state index in [2.05, 4.69) is 20.8 Å². The summed E-state index contributed by atoms with van der Waals surface area (Å²) in [6, 6.07) is 0.173. The average Bonchev–Trinajstić information content (AvgIpc) is 3.08. The molecule has 22 heavy (non-hydrogen) atoms. The molecule has 124 valence electrons. The number of hydrogen-bond acceptors (Lipinski definition) is 7. The number of hydrogen-bond donors (Lipinski definition) is 1. The number of aromatic nitrogens is 4. The zero-order valence-electron chi connectivity index (χ0n) is 12.9. The van der Waals surface area contributed by atoms with Crippen molar-refractivity contribution in [2.24, 2.45) is 7.05 Å². The molecule has 1 atom stereocenters. The number of rotatable bonds is 5. The Morgan fingerprint density at radius 1 is 1.59 bits per heavy atom. The molecule has 1 aromatic heterocycles. The first-order valence-corrected chi connectivity index (χ1v) is 7.36. The van der Waals surface area contributed by atoms with Crippen molar-refractivity contribution in [1.29, 1.82) is 0 Å². The highest BCUT2D eigenvalue weighted by atomic mass is 35.5. The Bertz CT molecular complexity index is 517. The number of carbonyl (C=O) groups is 1. The van der Waals surface area contributed by atoms with E-state index in [-0.39, 0.29) is 48.0 Å². The van der Waals surface area contributed by atoms with Gasteiger partial charge in [-0.2, -0.15) is 4.68 Å². The molecule has 0 aromatic carbocycles. The van der Waals surface area contributed by atoms with Crippen LogP contribution >= 0.6 is 24.6 Å². The standard InChI is InChI=1S/C12H20N6O2S.ClH/c1-8(2)18(7-10(19)9-5-4-6-13-9)12(21)20-11-14-15-16-17(11)3;/h8-9,13H,4-7H2,1-3H3;1H/t9-;/m0./s1. The number of aryl methyl sites for hydroxylation is 1. The topological polar surface area (TPSA) is 85.2 Å². The summed E-state index contributed by atoms with van der Waals surface area (Å²) in [4.78, 5) is 14.0. The van der Waals surface area contributed by atoms with Crippen LogP contribution in [-0.4, -0.2) is 61.2 Å². The molecule has 0 bridgehead atoms. The molecule has 1 aliphatic rings. The van der Waals surface area contributed by atoms with Gasteiger partial charge in [0.1, 0.15) is 0 Å². The maximum Gasteiger partial charge on any atom is 0.342 e. The number of carbonyl (C=O) groups excluding carboxylic acids is 1. The first kappa shape index (κ1) is 18.7. The van der Waals surface area contributed by atoms with Gasteiger partial charge in [0.25, 0.3) is 5.17 Å². The van der Waals surface area contributed by atoms with E-state index >= 15 is 0 Å². The summed E-state index contributed by atoms with van der Waals surface area (Å²) in [6.07, 6.45) is 1.91. The monoisotopic (exact) mass is 348 g/mol. The predicted molar refractivity (Wildman–Crippen MR) is 87.1 cm³/mol. The fraction of sp³-hybridized carbons (Fsp3) is 0.750. The Balaban J connectivity index is 0.00000242. The van der Waals surface area contributed by atoms with Crippen LogP contribution in [0.25, 0.3) is 0 Å². The van der Waals surface area contributed by atoms with E-state index in [9.17, 15) is 4.79 Å². The van der Waals surface area contributed by atoms with Gasteiger partial charge in [0, 0.05) is 13.1 Å². The highest BCUT2D eigenvalue weighted by Gasteiger charge is 2.27. The van der Waals surface area contributed by atoms with E-state index in [4.69, 9.17) is 17.0 Å². The molecule has 0 amide bonds. The molecule has 2 heterocycles. The molecule has 1 aromatic rings. The second kappa shape index (κ2) is 8.35. The zero-order chi connectivity index (χ0) is 15.4. The van der Waals surface area contributed by atoms with E-state index in [1.165, 1.54) is 4.68 Å². The second-order valence-electron chi connectivity index (χ2n) is 5.29. The van der Waals surface area contributed by atoms with Crippen LogP contribution in [0, 0.1) is 0 Å². The zero-order valence-corrected chi connectivity index (χ0v) is 14.5. The lowest BCUT2D eigenvalue weighted by Crippen LogP contribution is -2.46. The van der Waals surface area contributed by atoms with Gasteiger partial charge in [-0.05, 0) is 55.9 Å². The summed E-state index contributed by atoms with van der Waals surface area (Å²) >= 11 is 5.27. The normalized spacial score (nSPS) is 17.2. The smallest absolute Gasteiger partial charge is 0.342 e. The maximum atomic E-state index is 12.3. The van der Waals surface area contributed by atoms with Crippen LogP contribution in [0.1, 0.15) is 26.7 Å². The highest BCUT2D eigenvalue weighted by Crippen LogP contribution is 2.11. The number of tetrazole rings is 1. The molecule has 0 radical (unpaired) electrons. The maximum absolute atomic E-state index is 12.3. The molecule has 1 N–H and O–H groups in total. The Hall–Kier alpha value is -1.32. The molecule has 10 heteroatoms. The van der Waals surface area contributed by atoms with Crippen molar-refractivity contribution in [3.63, 3.8) is 0 Å². The molecule has 0 saturated carbocycles. The molecule has 0 unspecified atom stereocenters. The van der Waals surface area contributed by atoms with Crippen LogP contribution in [-0.2, 0) is 11.8 Å². The fourth-order valence-corrected chi connectivity index (χ4v) is 2.49. The van der Waals surface area contributed by atoms with E-state index in [1.807, 2.05) is 13.8 Å². The van der Waals surface area contributed by atoms with Gasteiger partial charge in [0.05, 0.1) is 12.6 Å². The Kier molecular flexibility index (Phi) is 7.11. The number of nitrogens with one attached hydrogen (secondary N) is 1. The largest absolute Gasteiger partial charge is 0.396 e. The Morgan fingerprint density at radius 3 is 2.82 bits per heavy atom. The fourth-order valence-electron chi connectivity index (χ4n) is 2.14. The van der Waals surface area contributed by atoms with Crippen LogP contribution in [0.2, 0.25) is 0 Å². The molecule has 0 aliphatic carbocycles. The van der Waals surface area contributed by atoms with Gasteiger partial charge in [-0.3, -0.25) is 4.79 Å². The number of Topliss-reactive ketones (excluding diaryl/α,β-unsaturated/α-hetero) is 1. The van der Waals surface area contributed by atoms with E-state index < -0.39 is 0 Å². The van der Waals surface area contributed by atoms with Crippen molar-refractivity contribution >= 4 is 35.6 Å². The molecule has 0 spiro atoms. The van der Waals surface area contributed by atoms with Gasteiger partial charge in [0.15, 0.2) is 5.78 Å². The van der Waals surface area contributed by atoms with Gasteiger partial charge in [-0.25, -0.2) is 0 Å². The molecule has 2 rings (SSSR count). The first-order valence-electron chi connectivity index (χ1n) is 6.96. The summed E-state index contributed by atoms with van der Waals surface area (Å²) in [6.45, 7) is 5.03. The summed E-state index contributed by atoms with van der Waals surface area (Å²) in [5.74, 6) is 0.128. The van der Waals surface area contributed by atoms with Crippen LogP contribution in [0.3, 0.4) is 0 Å². The second-order valence-corrected chi connectivity index (χ2v) is 5.64. The molecular formula is C12H21ClN6O2S. The van der Waals surface area contributed by atoms with Gasteiger partial charge >= 0.3 is 6.01 Å². The van der Waals surface area contributed by atoms with Crippen molar-refractivity contribution < 1.29 is 9.53 Å². The lowest BCUT2D eigenvalue weighted by molar-refractivity contribution is -0.121. The Labute approximate surface area is 141 Å². The van der Waals surface area contributed by atoms with Crippen LogP contribution in [0.5, 0.6) is 6.01 Å².